The Balaban J connectivity index is 1.56. The van der Waals surface area contributed by atoms with Crippen LogP contribution in [0, 0.1) is 0 Å². The molecule has 2 amide bonds. The zero-order valence-electron chi connectivity index (χ0n) is 11.8. The molecule has 0 aromatic carbocycles. The van der Waals surface area contributed by atoms with Gasteiger partial charge in [-0.15, -0.1) is 11.8 Å². The molecule has 1 aliphatic heterocycles. The van der Waals surface area contributed by atoms with Crippen LogP contribution in [0.5, 0.6) is 0 Å². The highest BCUT2D eigenvalue weighted by Gasteiger charge is 2.22. The van der Waals surface area contributed by atoms with E-state index in [0.29, 0.717) is 27.6 Å². The van der Waals surface area contributed by atoms with E-state index >= 15 is 0 Å². The van der Waals surface area contributed by atoms with Crippen LogP contribution in [0.2, 0.25) is 0 Å². The third-order valence-electron chi connectivity index (χ3n) is 3.78. The van der Waals surface area contributed by atoms with Crippen LogP contribution < -0.4 is 10.6 Å². The Kier molecular flexibility index (Phi) is 4.80. The van der Waals surface area contributed by atoms with Gasteiger partial charge in [-0.25, -0.2) is 4.98 Å². The van der Waals surface area contributed by atoms with Gasteiger partial charge in [0.25, 0.3) is 5.91 Å². The van der Waals surface area contributed by atoms with Crippen molar-refractivity contribution in [3.63, 3.8) is 0 Å². The summed E-state index contributed by atoms with van der Waals surface area (Å²) in [6.45, 7) is 0.696. The number of hydrogen-bond donors (Lipinski definition) is 2. The van der Waals surface area contributed by atoms with E-state index in [1.165, 1.54) is 37.0 Å². The SMILES string of the molecule is O=C(CSC1CCCC1)Nc1nc2c(s1)C(=O)NCCC2. The standard InChI is InChI=1S/C14H19N3O2S2/c18-11(8-20-9-4-1-2-5-9)17-14-16-10-6-3-7-15-13(19)12(10)21-14/h9H,1-8H2,(H,15,19)(H,16,17,18). The summed E-state index contributed by atoms with van der Waals surface area (Å²) < 4.78 is 0. The molecule has 1 fully saturated rings. The van der Waals surface area contributed by atoms with E-state index in [-0.39, 0.29) is 11.8 Å². The molecule has 1 saturated carbocycles. The summed E-state index contributed by atoms with van der Waals surface area (Å²) in [5, 5.41) is 6.86. The van der Waals surface area contributed by atoms with Crippen molar-refractivity contribution in [3.05, 3.63) is 10.6 Å². The fraction of sp³-hybridized carbons (Fsp3) is 0.643. The van der Waals surface area contributed by atoms with Gasteiger partial charge in [-0.2, -0.15) is 0 Å². The first-order chi connectivity index (χ1) is 10.2. The molecule has 3 rings (SSSR count). The molecule has 2 aliphatic rings. The number of hydrogen-bond acceptors (Lipinski definition) is 5. The average molecular weight is 325 g/mol. The monoisotopic (exact) mass is 325 g/mol. The molecule has 7 heteroatoms. The van der Waals surface area contributed by atoms with Crippen LogP contribution >= 0.6 is 23.1 Å². The number of amides is 2. The second kappa shape index (κ2) is 6.79. The Morgan fingerprint density at radius 2 is 2.19 bits per heavy atom. The molecule has 0 bridgehead atoms. The summed E-state index contributed by atoms with van der Waals surface area (Å²) in [6, 6.07) is 0. The second-order valence-electron chi connectivity index (χ2n) is 5.42. The predicted molar refractivity (Wildman–Crippen MR) is 86.1 cm³/mol. The minimum Gasteiger partial charge on any atom is -0.351 e. The maximum absolute atomic E-state index is 12.0. The molecule has 2 heterocycles. The van der Waals surface area contributed by atoms with Crippen molar-refractivity contribution >= 4 is 40.0 Å². The van der Waals surface area contributed by atoms with E-state index in [0.717, 1.165) is 18.5 Å². The first-order valence-electron chi connectivity index (χ1n) is 7.42. The largest absolute Gasteiger partial charge is 0.351 e. The third-order valence-corrected chi connectivity index (χ3v) is 6.16. The molecule has 21 heavy (non-hydrogen) atoms. The first-order valence-corrected chi connectivity index (χ1v) is 9.28. The van der Waals surface area contributed by atoms with Gasteiger partial charge < -0.3 is 10.6 Å². The normalized spacial score (nSPS) is 19.0. The number of anilines is 1. The van der Waals surface area contributed by atoms with Crippen LogP contribution in [0.4, 0.5) is 5.13 Å². The Bertz CT molecular complexity index is 538. The molecular formula is C14H19N3O2S2. The van der Waals surface area contributed by atoms with Gasteiger partial charge >= 0.3 is 0 Å². The van der Waals surface area contributed by atoms with E-state index in [1.54, 1.807) is 11.8 Å². The summed E-state index contributed by atoms with van der Waals surface area (Å²) in [4.78, 5) is 28.9. The van der Waals surface area contributed by atoms with Crippen LogP contribution in [0.25, 0.3) is 0 Å². The van der Waals surface area contributed by atoms with Crippen molar-refractivity contribution < 1.29 is 9.59 Å². The molecule has 5 nitrogen and oxygen atoms in total. The number of fused-ring (bicyclic) bond motifs is 1. The molecule has 1 aromatic heterocycles. The van der Waals surface area contributed by atoms with Crippen molar-refractivity contribution in [1.29, 1.82) is 0 Å². The lowest BCUT2D eigenvalue weighted by atomic mass is 10.2. The Hall–Kier alpha value is -1.08. The van der Waals surface area contributed by atoms with Gasteiger partial charge in [-0.1, -0.05) is 24.2 Å². The minimum atomic E-state index is -0.0687. The van der Waals surface area contributed by atoms with Gasteiger partial charge in [0.15, 0.2) is 5.13 Å². The number of nitrogens with zero attached hydrogens (tertiary/aromatic N) is 1. The molecule has 0 unspecified atom stereocenters. The number of aromatic nitrogens is 1. The zero-order valence-corrected chi connectivity index (χ0v) is 13.4. The van der Waals surface area contributed by atoms with Gasteiger partial charge in [-0.05, 0) is 25.7 Å². The van der Waals surface area contributed by atoms with Crippen molar-refractivity contribution in [2.45, 2.75) is 43.8 Å². The van der Waals surface area contributed by atoms with Crippen LogP contribution in [0.1, 0.15) is 47.5 Å². The maximum Gasteiger partial charge on any atom is 0.263 e. The molecule has 1 aromatic rings. The van der Waals surface area contributed by atoms with Crippen LogP contribution in [-0.2, 0) is 11.2 Å². The van der Waals surface area contributed by atoms with Crippen LogP contribution in [-0.4, -0.2) is 34.3 Å². The predicted octanol–water partition coefficient (Wildman–Crippen LogP) is 2.43. The summed E-state index contributed by atoms with van der Waals surface area (Å²) in [5.74, 6) is 0.387. The van der Waals surface area contributed by atoms with Gasteiger partial charge in [0.05, 0.1) is 11.4 Å². The zero-order chi connectivity index (χ0) is 14.7. The highest BCUT2D eigenvalue weighted by Crippen LogP contribution is 2.30. The lowest BCUT2D eigenvalue weighted by molar-refractivity contribution is -0.113. The van der Waals surface area contributed by atoms with Crippen molar-refractivity contribution in [2.24, 2.45) is 0 Å². The number of carbonyl (C=O) groups excluding carboxylic acids is 2. The van der Waals surface area contributed by atoms with Gasteiger partial charge in [0, 0.05) is 11.8 Å². The van der Waals surface area contributed by atoms with E-state index < -0.39 is 0 Å². The maximum atomic E-state index is 12.0. The second-order valence-corrected chi connectivity index (χ2v) is 7.71. The number of rotatable bonds is 4. The van der Waals surface area contributed by atoms with Crippen molar-refractivity contribution in [2.75, 3.05) is 17.6 Å². The Labute approximate surface area is 132 Å². The summed E-state index contributed by atoms with van der Waals surface area (Å²) >= 11 is 3.01. The van der Waals surface area contributed by atoms with Gasteiger partial charge in [0.2, 0.25) is 5.91 Å². The molecule has 0 spiro atoms. The number of nitrogens with one attached hydrogen (secondary N) is 2. The van der Waals surface area contributed by atoms with Gasteiger partial charge in [-0.3, -0.25) is 9.59 Å². The number of aryl methyl sites for hydroxylation is 1. The average Bonchev–Trinajstić information content (AvgIpc) is 3.08. The minimum absolute atomic E-state index is 0.0174. The van der Waals surface area contributed by atoms with Crippen molar-refractivity contribution in [3.8, 4) is 0 Å². The van der Waals surface area contributed by atoms with Gasteiger partial charge in [0.1, 0.15) is 4.88 Å². The molecule has 0 saturated heterocycles. The topological polar surface area (TPSA) is 71.1 Å². The summed E-state index contributed by atoms with van der Waals surface area (Å²) in [7, 11) is 0. The van der Waals surface area contributed by atoms with E-state index in [9.17, 15) is 9.59 Å². The number of thioether (sulfide) groups is 1. The fourth-order valence-corrected chi connectivity index (χ4v) is 4.76. The van der Waals surface area contributed by atoms with E-state index in [4.69, 9.17) is 0 Å². The quantitative estimate of drug-likeness (QED) is 0.892. The van der Waals surface area contributed by atoms with Crippen molar-refractivity contribution in [1.82, 2.24) is 10.3 Å². The highest BCUT2D eigenvalue weighted by molar-refractivity contribution is 8.00. The lowest BCUT2D eigenvalue weighted by Crippen LogP contribution is -2.21. The molecular weight excluding hydrogens is 306 g/mol. The summed E-state index contributed by atoms with van der Waals surface area (Å²) in [5.41, 5.74) is 0.814. The van der Waals surface area contributed by atoms with E-state index in [1.807, 2.05) is 0 Å². The smallest absolute Gasteiger partial charge is 0.263 e. The number of carbonyl (C=O) groups is 2. The molecule has 1 aliphatic carbocycles. The third kappa shape index (κ3) is 3.77. The van der Waals surface area contributed by atoms with E-state index in [2.05, 4.69) is 15.6 Å². The first kappa shape index (κ1) is 14.8. The molecule has 2 N–H and O–H groups in total. The number of thiazole rings is 1. The summed E-state index contributed by atoms with van der Waals surface area (Å²) in [6.07, 6.45) is 6.71. The lowest BCUT2D eigenvalue weighted by Gasteiger charge is -2.07. The van der Waals surface area contributed by atoms with Crippen LogP contribution in [0.15, 0.2) is 0 Å². The Morgan fingerprint density at radius 3 is 3.00 bits per heavy atom. The molecule has 0 radical (unpaired) electrons. The molecule has 114 valence electrons. The highest BCUT2D eigenvalue weighted by atomic mass is 32.2. The Morgan fingerprint density at radius 1 is 1.38 bits per heavy atom. The fourth-order valence-electron chi connectivity index (χ4n) is 2.69. The van der Waals surface area contributed by atoms with Crippen LogP contribution in [0.3, 0.4) is 0 Å². The molecule has 0 atom stereocenters.